The highest BCUT2D eigenvalue weighted by Gasteiger charge is 2.18. The Bertz CT molecular complexity index is 1150. The Hall–Kier alpha value is -2.64. The van der Waals surface area contributed by atoms with Crippen LogP contribution in [0.15, 0.2) is 54.6 Å². The third kappa shape index (κ3) is 5.53. The molecule has 3 nitrogen and oxygen atoms in total. The molecule has 4 rings (SSSR count). The Kier molecular flexibility index (Phi) is 8.40. The second-order valence-corrected chi connectivity index (χ2v) is 10.8. The van der Waals surface area contributed by atoms with E-state index in [1.54, 1.807) is 0 Å². The van der Waals surface area contributed by atoms with Crippen molar-refractivity contribution < 1.29 is 14.0 Å². The lowest BCUT2D eigenvalue weighted by molar-refractivity contribution is 0.304. The summed E-state index contributed by atoms with van der Waals surface area (Å²) in [6.07, 6.45) is 6.95. The summed E-state index contributed by atoms with van der Waals surface area (Å²) in [5.41, 5.74) is 2.33. The zero-order valence-corrected chi connectivity index (χ0v) is 21.9. The van der Waals surface area contributed by atoms with Crippen LogP contribution in [0.2, 0.25) is 0 Å². The van der Waals surface area contributed by atoms with Crippen LogP contribution in [0.5, 0.6) is 17.2 Å². The highest BCUT2D eigenvalue weighted by Crippen LogP contribution is 2.52. The minimum Gasteiger partial charge on any atom is -0.493 e. The van der Waals surface area contributed by atoms with E-state index in [1.807, 2.05) is 30.3 Å². The van der Waals surface area contributed by atoms with Crippen LogP contribution in [0.25, 0.3) is 21.0 Å². The SMILES string of the molecule is CCCCCOc1cc2c3cc(OCCCCC)c(C)cc3p(Oc3ccccc3)c2cc1C. The largest absolute Gasteiger partial charge is 0.493 e. The number of aryl methyl sites for hydroxylation is 2. The van der Waals surface area contributed by atoms with Crippen LogP contribution < -0.4 is 14.0 Å². The molecule has 1 heterocycles. The molecule has 0 aliphatic carbocycles. The Labute approximate surface area is 205 Å². The van der Waals surface area contributed by atoms with Gasteiger partial charge in [0.05, 0.1) is 21.0 Å². The van der Waals surface area contributed by atoms with Gasteiger partial charge >= 0.3 is 0 Å². The minimum absolute atomic E-state index is 0.759. The number of ether oxygens (including phenoxy) is 2. The van der Waals surface area contributed by atoms with Crippen molar-refractivity contribution in [3.63, 3.8) is 0 Å². The summed E-state index contributed by atoms with van der Waals surface area (Å²) in [6, 6.07) is 19.2. The van der Waals surface area contributed by atoms with Gasteiger partial charge in [0.25, 0.3) is 0 Å². The van der Waals surface area contributed by atoms with E-state index < -0.39 is 7.76 Å². The number of hydrogen-bond donors (Lipinski definition) is 0. The van der Waals surface area contributed by atoms with E-state index in [9.17, 15) is 0 Å². The molecular formula is C30H37O3P. The standard InChI is InChI=1S/C30H37O3P/c1-5-7-12-16-31-27-20-25-26-21-28(32-17-13-8-6-2)23(4)19-30(26)34(29(25)18-22(27)3)33-24-14-10-9-11-15-24/h9-11,14-15,18-21H,5-8,12-13,16-17H2,1-4H3. The van der Waals surface area contributed by atoms with Crippen molar-refractivity contribution in [2.24, 2.45) is 0 Å². The monoisotopic (exact) mass is 476 g/mol. The molecule has 0 saturated heterocycles. The number of benzene rings is 3. The Morgan fingerprint density at radius 3 is 1.62 bits per heavy atom. The maximum atomic E-state index is 6.63. The highest BCUT2D eigenvalue weighted by molar-refractivity contribution is 7.57. The van der Waals surface area contributed by atoms with Crippen molar-refractivity contribution >= 4 is 28.8 Å². The van der Waals surface area contributed by atoms with E-state index in [0.717, 1.165) is 43.3 Å². The molecule has 0 aliphatic heterocycles. The third-order valence-electron chi connectivity index (χ3n) is 6.27. The normalized spacial score (nSPS) is 11.3. The lowest BCUT2D eigenvalue weighted by Gasteiger charge is -2.11. The van der Waals surface area contributed by atoms with Gasteiger partial charge < -0.3 is 14.0 Å². The summed E-state index contributed by atoms with van der Waals surface area (Å²) in [5, 5.41) is 4.95. The Morgan fingerprint density at radius 1 is 0.647 bits per heavy atom. The molecule has 0 saturated carbocycles. The zero-order valence-electron chi connectivity index (χ0n) is 21.0. The first-order valence-electron chi connectivity index (χ1n) is 12.7. The second kappa shape index (κ2) is 11.7. The van der Waals surface area contributed by atoms with Crippen molar-refractivity contribution in [2.75, 3.05) is 13.2 Å². The molecule has 4 heteroatoms. The van der Waals surface area contributed by atoms with Crippen molar-refractivity contribution in [2.45, 2.75) is 66.2 Å². The van der Waals surface area contributed by atoms with Gasteiger partial charge in [-0.25, -0.2) is 0 Å². The third-order valence-corrected chi connectivity index (χ3v) is 8.27. The van der Waals surface area contributed by atoms with Gasteiger partial charge in [-0.3, -0.25) is 0 Å². The predicted octanol–water partition coefficient (Wildman–Crippen LogP) is 9.58. The maximum absolute atomic E-state index is 6.63. The van der Waals surface area contributed by atoms with Crippen molar-refractivity contribution in [3.8, 4) is 17.2 Å². The van der Waals surface area contributed by atoms with Gasteiger partial charge in [-0.05, 0) is 74.2 Å². The van der Waals surface area contributed by atoms with Crippen LogP contribution in [0.4, 0.5) is 0 Å². The predicted molar refractivity (Wildman–Crippen MR) is 146 cm³/mol. The first-order chi connectivity index (χ1) is 16.6. The van der Waals surface area contributed by atoms with Crippen LogP contribution >= 0.6 is 7.76 Å². The second-order valence-electron chi connectivity index (χ2n) is 9.08. The molecule has 0 unspecified atom stereocenters. The highest BCUT2D eigenvalue weighted by atomic mass is 31.1. The summed E-state index contributed by atoms with van der Waals surface area (Å²) in [7, 11) is -0.959. The lowest BCUT2D eigenvalue weighted by atomic mass is 10.1. The molecule has 0 radical (unpaired) electrons. The van der Waals surface area contributed by atoms with E-state index in [1.165, 1.54) is 57.8 Å². The molecule has 0 amide bonds. The summed E-state index contributed by atoms with van der Waals surface area (Å²) in [6.45, 7) is 10.2. The van der Waals surface area contributed by atoms with E-state index in [4.69, 9.17) is 14.0 Å². The number of para-hydroxylation sites is 1. The fraction of sp³-hybridized carbons (Fsp3) is 0.400. The van der Waals surface area contributed by atoms with Gasteiger partial charge in [-0.15, -0.1) is 0 Å². The molecule has 0 fully saturated rings. The summed E-state index contributed by atoms with van der Waals surface area (Å²) < 4.78 is 19.1. The van der Waals surface area contributed by atoms with Gasteiger partial charge in [-0.1, -0.05) is 57.7 Å². The molecule has 3 aromatic carbocycles. The summed E-state index contributed by atoms with van der Waals surface area (Å²) >= 11 is 0. The van der Waals surface area contributed by atoms with Crippen molar-refractivity contribution in [1.82, 2.24) is 0 Å². The molecule has 1 aromatic heterocycles. The zero-order chi connectivity index (χ0) is 23.9. The molecule has 4 aromatic rings. The molecule has 34 heavy (non-hydrogen) atoms. The maximum Gasteiger partial charge on any atom is 0.130 e. The molecule has 0 atom stereocenters. The number of hydrogen-bond acceptors (Lipinski definition) is 3. The fourth-order valence-corrected chi connectivity index (χ4v) is 6.53. The van der Waals surface area contributed by atoms with Crippen LogP contribution in [-0.2, 0) is 0 Å². The van der Waals surface area contributed by atoms with E-state index in [0.29, 0.717) is 0 Å². The van der Waals surface area contributed by atoms with Gasteiger partial charge in [0, 0.05) is 21.0 Å². The number of fused-ring (bicyclic) bond motifs is 3. The molecule has 180 valence electrons. The minimum atomic E-state index is -0.959. The van der Waals surface area contributed by atoms with Crippen molar-refractivity contribution in [1.29, 1.82) is 0 Å². The average Bonchev–Trinajstić information content (AvgIpc) is 3.11. The van der Waals surface area contributed by atoms with Gasteiger partial charge in [0.1, 0.15) is 17.2 Å². The fourth-order valence-electron chi connectivity index (χ4n) is 4.31. The molecular weight excluding hydrogens is 439 g/mol. The summed E-state index contributed by atoms with van der Waals surface area (Å²) in [4.78, 5) is 0. The molecule has 0 bridgehead atoms. The smallest absolute Gasteiger partial charge is 0.130 e. The molecule has 0 N–H and O–H groups in total. The van der Waals surface area contributed by atoms with Crippen LogP contribution in [0, 0.1) is 13.8 Å². The van der Waals surface area contributed by atoms with Crippen molar-refractivity contribution in [3.05, 3.63) is 65.7 Å². The van der Waals surface area contributed by atoms with E-state index in [-0.39, 0.29) is 0 Å². The average molecular weight is 477 g/mol. The summed E-state index contributed by atoms with van der Waals surface area (Å²) in [5.74, 6) is 2.86. The van der Waals surface area contributed by atoms with E-state index >= 15 is 0 Å². The van der Waals surface area contributed by atoms with Crippen LogP contribution in [0.1, 0.15) is 63.5 Å². The molecule has 0 spiro atoms. The van der Waals surface area contributed by atoms with Gasteiger partial charge in [0.15, 0.2) is 0 Å². The number of rotatable bonds is 12. The van der Waals surface area contributed by atoms with E-state index in [2.05, 4.69) is 52.0 Å². The Balaban J connectivity index is 1.79. The molecule has 0 aliphatic rings. The topological polar surface area (TPSA) is 27.7 Å². The van der Waals surface area contributed by atoms with Gasteiger partial charge in [-0.2, -0.15) is 0 Å². The lowest BCUT2D eigenvalue weighted by Crippen LogP contribution is -1.99. The van der Waals surface area contributed by atoms with Crippen LogP contribution in [-0.4, -0.2) is 13.2 Å². The number of unbranched alkanes of at least 4 members (excludes halogenated alkanes) is 4. The first-order valence-corrected chi connectivity index (χ1v) is 14.0. The first kappa shape index (κ1) is 24.5. The van der Waals surface area contributed by atoms with Gasteiger partial charge in [0.2, 0.25) is 0 Å². The Morgan fingerprint density at radius 2 is 1.15 bits per heavy atom. The quantitative estimate of drug-likeness (QED) is 0.191. The van der Waals surface area contributed by atoms with Crippen LogP contribution in [0.3, 0.4) is 0 Å².